The van der Waals surface area contributed by atoms with E-state index in [0.29, 0.717) is 12.3 Å². The van der Waals surface area contributed by atoms with Crippen molar-refractivity contribution in [3.63, 3.8) is 0 Å². The molecule has 1 N–H and O–H groups in total. The molecule has 1 amide bonds. The molecule has 116 valence electrons. The highest BCUT2D eigenvalue weighted by atomic mass is 16.5. The van der Waals surface area contributed by atoms with E-state index in [0.717, 1.165) is 17.0 Å². The minimum atomic E-state index is -0.500. The topological polar surface area (TPSA) is 38.3 Å². The fourth-order valence-electron chi connectivity index (χ4n) is 2.28. The van der Waals surface area contributed by atoms with Gasteiger partial charge in [0.25, 0.3) is 5.91 Å². The maximum Gasteiger partial charge on any atom is 0.265 e. The second-order valence-electron chi connectivity index (χ2n) is 5.56. The predicted octanol–water partition coefficient (Wildman–Crippen LogP) is 4.61. The fraction of sp³-hybridized carbons (Fsp3) is 0.316. The molecule has 0 aromatic heterocycles. The monoisotopic (exact) mass is 297 g/mol. The van der Waals surface area contributed by atoms with E-state index in [-0.39, 0.29) is 5.91 Å². The number of nitrogens with one attached hydrogen (secondary N) is 1. The summed E-state index contributed by atoms with van der Waals surface area (Å²) in [5, 5.41) is 2.90. The first kappa shape index (κ1) is 16.1. The molecule has 2 aromatic carbocycles. The number of carbonyl (C=O) groups excluding carboxylic acids is 1. The molecule has 0 heterocycles. The SMILES string of the molecule is CC[C@@H](Oc1ccccc1C(C)C)C(=O)Nc1ccccc1. The van der Waals surface area contributed by atoms with Crippen LogP contribution in [0, 0.1) is 0 Å². The van der Waals surface area contributed by atoms with Crippen molar-refractivity contribution in [3.8, 4) is 5.75 Å². The second-order valence-corrected chi connectivity index (χ2v) is 5.56. The summed E-state index contributed by atoms with van der Waals surface area (Å²) in [5.74, 6) is 1.02. The van der Waals surface area contributed by atoms with Gasteiger partial charge in [-0.3, -0.25) is 4.79 Å². The minimum Gasteiger partial charge on any atom is -0.480 e. The van der Waals surface area contributed by atoms with Gasteiger partial charge in [-0.15, -0.1) is 0 Å². The smallest absolute Gasteiger partial charge is 0.265 e. The van der Waals surface area contributed by atoms with E-state index in [1.165, 1.54) is 0 Å². The fourth-order valence-corrected chi connectivity index (χ4v) is 2.28. The van der Waals surface area contributed by atoms with Gasteiger partial charge in [0.1, 0.15) is 5.75 Å². The van der Waals surface area contributed by atoms with E-state index in [1.54, 1.807) is 0 Å². The molecule has 0 aliphatic heterocycles. The van der Waals surface area contributed by atoms with E-state index in [1.807, 2.05) is 61.5 Å². The minimum absolute atomic E-state index is 0.118. The lowest BCUT2D eigenvalue weighted by molar-refractivity contribution is -0.122. The van der Waals surface area contributed by atoms with Crippen molar-refractivity contribution in [2.75, 3.05) is 5.32 Å². The van der Waals surface area contributed by atoms with Crippen LogP contribution in [-0.2, 0) is 4.79 Å². The van der Waals surface area contributed by atoms with Crippen molar-refractivity contribution in [1.29, 1.82) is 0 Å². The van der Waals surface area contributed by atoms with E-state index >= 15 is 0 Å². The molecule has 1 atom stereocenters. The van der Waals surface area contributed by atoms with Gasteiger partial charge in [0.15, 0.2) is 6.10 Å². The number of hydrogen-bond donors (Lipinski definition) is 1. The third kappa shape index (κ3) is 4.10. The van der Waals surface area contributed by atoms with Gasteiger partial charge in [0.05, 0.1) is 0 Å². The Morgan fingerprint density at radius 2 is 1.68 bits per heavy atom. The Balaban J connectivity index is 2.11. The van der Waals surface area contributed by atoms with E-state index in [2.05, 4.69) is 19.2 Å². The second kappa shape index (κ2) is 7.64. The molecule has 0 bridgehead atoms. The molecule has 22 heavy (non-hydrogen) atoms. The van der Waals surface area contributed by atoms with Gasteiger partial charge in [0, 0.05) is 5.69 Å². The predicted molar refractivity (Wildman–Crippen MR) is 90.3 cm³/mol. The molecule has 2 rings (SSSR count). The standard InChI is InChI=1S/C19H23NO2/c1-4-17(19(21)20-15-10-6-5-7-11-15)22-18-13-9-8-12-16(18)14(2)3/h5-14,17H,4H2,1-3H3,(H,20,21)/t17-/m1/s1. The molecule has 3 nitrogen and oxygen atoms in total. The normalized spacial score (nSPS) is 12.0. The van der Waals surface area contributed by atoms with Crippen LogP contribution in [-0.4, -0.2) is 12.0 Å². The van der Waals surface area contributed by atoms with Crippen LogP contribution in [0.3, 0.4) is 0 Å². The zero-order chi connectivity index (χ0) is 15.9. The van der Waals surface area contributed by atoms with Crippen LogP contribution in [0.5, 0.6) is 5.75 Å². The quantitative estimate of drug-likeness (QED) is 0.845. The largest absolute Gasteiger partial charge is 0.480 e. The van der Waals surface area contributed by atoms with Crippen LogP contribution < -0.4 is 10.1 Å². The Labute approximate surface area is 132 Å². The average molecular weight is 297 g/mol. The van der Waals surface area contributed by atoms with Crippen molar-refractivity contribution >= 4 is 11.6 Å². The molecule has 0 spiro atoms. The molecule has 0 fully saturated rings. The highest BCUT2D eigenvalue weighted by molar-refractivity contribution is 5.94. The lowest BCUT2D eigenvalue weighted by Gasteiger charge is -2.20. The maximum absolute atomic E-state index is 12.4. The third-order valence-corrected chi connectivity index (χ3v) is 3.51. The average Bonchev–Trinajstić information content (AvgIpc) is 2.53. The Hall–Kier alpha value is -2.29. The van der Waals surface area contributed by atoms with Crippen LogP contribution in [0.2, 0.25) is 0 Å². The third-order valence-electron chi connectivity index (χ3n) is 3.51. The summed E-state index contributed by atoms with van der Waals surface area (Å²) in [6.07, 6.45) is 0.116. The van der Waals surface area contributed by atoms with Gasteiger partial charge in [-0.1, -0.05) is 57.2 Å². The first-order chi connectivity index (χ1) is 10.6. The maximum atomic E-state index is 12.4. The molecule has 0 aliphatic carbocycles. The van der Waals surface area contributed by atoms with Gasteiger partial charge in [-0.2, -0.15) is 0 Å². The zero-order valence-corrected chi connectivity index (χ0v) is 13.4. The molecule has 0 unspecified atom stereocenters. The van der Waals surface area contributed by atoms with E-state index in [4.69, 9.17) is 4.74 Å². The summed E-state index contributed by atoms with van der Waals surface area (Å²) in [6.45, 7) is 6.19. The van der Waals surface area contributed by atoms with Crippen LogP contribution >= 0.6 is 0 Å². The molecular formula is C19H23NO2. The summed E-state index contributed by atoms with van der Waals surface area (Å²) in [4.78, 5) is 12.4. The molecular weight excluding hydrogens is 274 g/mol. The molecule has 0 radical (unpaired) electrons. The number of ether oxygens (including phenoxy) is 1. The van der Waals surface area contributed by atoms with Crippen LogP contribution in [0.1, 0.15) is 38.7 Å². The van der Waals surface area contributed by atoms with Gasteiger partial charge in [-0.25, -0.2) is 0 Å². The Kier molecular flexibility index (Phi) is 5.59. The van der Waals surface area contributed by atoms with Crippen LogP contribution in [0.15, 0.2) is 54.6 Å². The number of amides is 1. The summed E-state index contributed by atoms with van der Waals surface area (Å²) in [6, 6.07) is 17.3. The van der Waals surface area contributed by atoms with Gasteiger partial charge >= 0.3 is 0 Å². The Bertz CT molecular complexity index is 608. The van der Waals surface area contributed by atoms with Gasteiger partial charge < -0.3 is 10.1 Å². The summed E-state index contributed by atoms with van der Waals surface area (Å²) in [7, 11) is 0. The van der Waals surface area contributed by atoms with Gasteiger partial charge in [-0.05, 0) is 36.1 Å². The van der Waals surface area contributed by atoms with Gasteiger partial charge in [0.2, 0.25) is 0 Å². The Morgan fingerprint density at radius 1 is 1.05 bits per heavy atom. The van der Waals surface area contributed by atoms with Crippen molar-refractivity contribution in [1.82, 2.24) is 0 Å². The van der Waals surface area contributed by atoms with E-state index < -0.39 is 6.10 Å². The lowest BCUT2D eigenvalue weighted by Crippen LogP contribution is -2.32. The number of carbonyl (C=O) groups is 1. The summed E-state index contributed by atoms with van der Waals surface area (Å²) < 4.78 is 5.98. The zero-order valence-electron chi connectivity index (χ0n) is 13.4. The van der Waals surface area contributed by atoms with E-state index in [9.17, 15) is 4.79 Å². The van der Waals surface area contributed by atoms with Crippen molar-refractivity contribution in [2.45, 2.75) is 39.2 Å². The molecule has 0 aliphatic rings. The first-order valence-electron chi connectivity index (χ1n) is 7.73. The molecule has 2 aromatic rings. The lowest BCUT2D eigenvalue weighted by atomic mass is 10.0. The van der Waals surface area contributed by atoms with Crippen molar-refractivity contribution in [3.05, 3.63) is 60.2 Å². The van der Waals surface area contributed by atoms with Crippen molar-refractivity contribution < 1.29 is 9.53 Å². The molecule has 3 heteroatoms. The number of benzene rings is 2. The Morgan fingerprint density at radius 3 is 2.32 bits per heavy atom. The summed E-state index contributed by atoms with van der Waals surface area (Å²) >= 11 is 0. The van der Waals surface area contributed by atoms with Crippen LogP contribution in [0.4, 0.5) is 5.69 Å². The summed E-state index contributed by atoms with van der Waals surface area (Å²) in [5.41, 5.74) is 1.90. The number of hydrogen-bond acceptors (Lipinski definition) is 2. The molecule has 0 saturated heterocycles. The number of rotatable bonds is 6. The van der Waals surface area contributed by atoms with Crippen LogP contribution in [0.25, 0.3) is 0 Å². The molecule has 0 saturated carbocycles. The highest BCUT2D eigenvalue weighted by Crippen LogP contribution is 2.27. The first-order valence-corrected chi connectivity index (χ1v) is 7.73. The highest BCUT2D eigenvalue weighted by Gasteiger charge is 2.20. The number of anilines is 1. The van der Waals surface area contributed by atoms with Crippen molar-refractivity contribution in [2.24, 2.45) is 0 Å². The number of para-hydroxylation sites is 2.